The van der Waals surface area contributed by atoms with Crippen molar-refractivity contribution in [2.45, 2.75) is 84.2 Å². The van der Waals surface area contributed by atoms with E-state index in [1.165, 1.54) is 38.5 Å². The van der Waals surface area contributed by atoms with Crippen LogP contribution in [0.25, 0.3) is 0 Å². The van der Waals surface area contributed by atoms with Crippen LogP contribution < -0.4 is 0 Å². The predicted octanol–water partition coefficient (Wildman–Crippen LogP) is 4.60. The van der Waals surface area contributed by atoms with Crippen LogP contribution in [0.4, 0.5) is 0 Å². The summed E-state index contributed by atoms with van der Waals surface area (Å²) in [5, 5.41) is 10.5. The number of Topliss-reactive ketones (excluding diaryl/α,β-unsaturated/α-hetero) is 1. The van der Waals surface area contributed by atoms with Gasteiger partial charge in [0.2, 0.25) is 0 Å². The molecule has 0 bridgehead atoms. The van der Waals surface area contributed by atoms with E-state index in [1.54, 1.807) is 0 Å². The highest BCUT2D eigenvalue weighted by Gasteiger charge is 2.58. The number of carbonyl (C=O) groups excluding carboxylic acids is 1. The van der Waals surface area contributed by atoms with Gasteiger partial charge in [-0.1, -0.05) is 6.92 Å². The van der Waals surface area contributed by atoms with Crippen LogP contribution in [0.1, 0.15) is 78.6 Å². The summed E-state index contributed by atoms with van der Waals surface area (Å²) in [6.45, 7) is 6.30. The first-order chi connectivity index (χ1) is 10.8. The molecule has 2 unspecified atom stereocenters. The Bertz CT molecular complexity index is 496. The maximum atomic E-state index is 12.1. The fourth-order valence-corrected chi connectivity index (χ4v) is 7.75. The zero-order valence-electron chi connectivity index (χ0n) is 15.2. The number of fused-ring (bicyclic) bond motifs is 5. The largest absolute Gasteiger partial charge is 0.390 e. The van der Waals surface area contributed by atoms with Gasteiger partial charge in [-0.25, -0.2) is 0 Å². The van der Waals surface area contributed by atoms with Crippen LogP contribution in [0.5, 0.6) is 0 Å². The quantitative estimate of drug-likeness (QED) is 0.767. The van der Waals surface area contributed by atoms with E-state index >= 15 is 0 Å². The van der Waals surface area contributed by atoms with E-state index in [2.05, 4.69) is 6.92 Å². The van der Waals surface area contributed by atoms with Crippen molar-refractivity contribution in [2.75, 3.05) is 0 Å². The Morgan fingerprint density at radius 3 is 2.39 bits per heavy atom. The maximum Gasteiger partial charge on any atom is 0.133 e. The molecule has 0 aromatic heterocycles. The third-order valence-electron chi connectivity index (χ3n) is 8.73. The first-order valence-corrected chi connectivity index (χ1v) is 10.0. The van der Waals surface area contributed by atoms with E-state index in [0.29, 0.717) is 17.1 Å². The van der Waals surface area contributed by atoms with Crippen LogP contribution in [-0.4, -0.2) is 16.5 Å². The molecule has 0 heterocycles. The molecule has 0 aromatic carbocycles. The number of rotatable bonds is 1. The highest BCUT2D eigenvalue weighted by molar-refractivity contribution is 5.79. The minimum Gasteiger partial charge on any atom is -0.390 e. The van der Waals surface area contributed by atoms with Crippen LogP contribution in [0.2, 0.25) is 0 Å². The average molecular weight is 319 g/mol. The summed E-state index contributed by atoms with van der Waals surface area (Å²) in [6.07, 6.45) is 11.0. The number of carbonyl (C=O) groups is 1. The molecular weight excluding hydrogens is 284 g/mol. The maximum absolute atomic E-state index is 12.1. The highest BCUT2D eigenvalue weighted by atomic mass is 16.3. The Hall–Kier alpha value is -0.370. The SMILES string of the molecule is CC(=O)[C@H]1CCC2[C@@H]3CC[C@@H]4C[C@](C)(O)CC[C@@H]4C3CC[C@@]21C. The monoisotopic (exact) mass is 318 g/mol. The van der Waals surface area contributed by atoms with Crippen LogP contribution in [0, 0.1) is 40.9 Å². The summed E-state index contributed by atoms with van der Waals surface area (Å²) in [4.78, 5) is 12.1. The van der Waals surface area contributed by atoms with Gasteiger partial charge in [0.25, 0.3) is 0 Å². The molecule has 0 aromatic rings. The molecule has 0 saturated heterocycles. The van der Waals surface area contributed by atoms with Crippen LogP contribution in [-0.2, 0) is 4.79 Å². The van der Waals surface area contributed by atoms with Gasteiger partial charge in [-0.3, -0.25) is 4.79 Å². The zero-order chi connectivity index (χ0) is 16.4. The van der Waals surface area contributed by atoms with Crippen molar-refractivity contribution in [3.05, 3.63) is 0 Å². The number of hydrogen-bond donors (Lipinski definition) is 1. The van der Waals surface area contributed by atoms with Gasteiger partial charge in [0.15, 0.2) is 0 Å². The van der Waals surface area contributed by atoms with E-state index in [0.717, 1.165) is 48.9 Å². The van der Waals surface area contributed by atoms with E-state index in [1.807, 2.05) is 13.8 Å². The van der Waals surface area contributed by atoms with Crippen molar-refractivity contribution in [2.24, 2.45) is 40.9 Å². The molecule has 4 fully saturated rings. The minimum absolute atomic E-state index is 0.292. The molecule has 0 spiro atoms. The molecule has 8 atom stereocenters. The van der Waals surface area contributed by atoms with E-state index in [4.69, 9.17) is 0 Å². The minimum atomic E-state index is -0.412. The smallest absolute Gasteiger partial charge is 0.133 e. The fourth-order valence-electron chi connectivity index (χ4n) is 7.75. The third-order valence-corrected chi connectivity index (χ3v) is 8.73. The lowest BCUT2D eigenvalue weighted by Crippen LogP contribution is -2.50. The number of aliphatic hydroxyl groups is 1. The van der Waals surface area contributed by atoms with E-state index in [9.17, 15) is 9.90 Å². The van der Waals surface area contributed by atoms with Crippen molar-refractivity contribution < 1.29 is 9.90 Å². The topological polar surface area (TPSA) is 37.3 Å². The van der Waals surface area contributed by atoms with Crippen molar-refractivity contribution in [3.63, 3.8) is 0 Å². The van der Waals surface area contributed by atoms with Crippen molar-refractivity contribution >= 4 is 5.78 Å². The van der Waals surface area contributed by atoms with E-state index in [-0.39, 0.29) is 0 Å². The van der Waals surface area contributed by atoms with Gasteiger partial charge >= 0.3 is 0 Å². The van der Waals surface area contributed by atoms with Gasteiger partial charge in [0, 0.05) is 5.92 Å². The Balaban J connectivity index is 1.56. The molecule has 2 heteroatoms. The second-order valence-electron chi connectivity index (χ2n) is 9.96. The van der Waals surface area contributed by atoms with Gasteiger partial charge in [0.05, 0.1) is 5.60 Å². The molecule has 130 valence electrons. The molecule has 4 aliphatic rings. The Morgan fingerprint density at radius 1 is 0.913 bits per heavy atom. The van der Waals surface area contributed by atoms with Gasteiger partial charge in [0.1, 0.15) is 5.78 Å². The molecule has 23 heavy (non-hydrogen) atoms. The van der Waals surface area contributed by atoms with Crippen molar-refractivity contribution in [1.82, 2.24) is 0 Å². The van der Waals surface area contributed by atoms with Crippen LogP contribution >= 0.6 is 0 Å². The van der Waals surface area contributed by atoms with E-state index < -0.39 is 5.60 Å². The molecular formula is C21H34O2. The van der Waals surface area contributed by atoms with Crippen molar-refractivity contribution in [3.8, 4) is 0 Å². The Kier molecular flexibility index (Phi) is 3.72. The molecule has 0 amide bonds. The molecule has 4 rings (SSSR count). The summed E-state index contributed by atoms with van der Waals surface area (Å²) in [5.74, 6) is 4.92. The summed E-state index contributed by atoms with van der Waals surface area (Å²) >= 11 is 0. The van der Waals surface area contributed by atoms with Gasteiger partial charge in [-0.2, -0.15) is 0 Å². The number of hydrogen-bond acceptors (Lipinski definition) is 2. The van der Waals surface area contributed by atoms with Crippen molar-refractivity contribution in [1.29, 1.82) is 0 Å². The Labute approximate surface area is 141 Å². The summed E-state index contributed by atoms with van der Waals surface area (Å²) < 4.78 is 0. The first-order valence-electron chi connectivity index (χ1n) is 10.0. The summed E-state index contributed by atoms with van der Waals surface area (Å²) in [5.41, 5.74) is -0.121. The van der Waals surface area contributed by atoms with Gasteiger partial charge < -0.3 is 5.11 Å². The molecule has 0 radical (unpaired) electrons. The summed E-state index contributed by atoms with van der Waals surface area (Å²) in [6, 6.07) is 0. The molecule has 1 N–H and O–H groups in total. The predicted molar refractivity (Wildman–Crippen MR) is 91.9 cm³/mol. The first kappa shape index (κ1) is 16.1. The molecule has 2 nitrogen and oxygen atoms in total. The molecule has 0 aliphatic heterocycles. The van der Waals surface area contributed by atoms with Gasteiger partial charge in [-0.05, 0) is 107 Å². The third kappa shape index (κ3) is 2.42. The second kappa shape index (κ2) is 5.31. The lowest BCUT2D eigenvalue weighted by atomic mass is 9.49. The van der Waals surface area contributed by atoms with Crippen LogP contribution in [0.3, 0.4) is 0 Å². The standard InChI is InChI=1S/C21H34O2/c1-13(22)18-6-7-19-17-5-4-14-12-20(2,23)10-8-15(14)16(17)9-11-21(18,19)3/h14-19,23H,4-12H2,1-3H3/t14-,15+,16?,17-,18-,19?,20-,21-/m1/s1. The van der Waals surface area contributed by atoms with Gasteiger partial charge in [-0.15, -0.1) is 0 Å². The second-order valence-corrected chi connectivity index (χ2v) is 9.96. The fraction of sp³-hybridized carbons (Fsp3) is 0.952. The zero-order valence-corrected chi connectivity index (χ0v) is 15.2. The molecule has 4 saturated carbocycles. The molecule has 4 aliphatic carbocycles. The summed E-state index contributed by atoms with van der Waals surface area (Å²) in [7, 11) is 0. The lowest BCUT2D eigenvalue weighted by Gasteiger charge is -2.56. The number of ketones is 1. The van der Waals surface area contributed by atoms with Crippen LogP contribution in [0.15, 0.2) is 0 Å². The normalized spacial score (nSPS) is 55.7. The Morgan fingerprint density at radius 2 is 1.65 bits per heavy atom. The average Bonchev–Trinajstić information content (AvgIpc) is 2.83. The highest BCUT2D eigenvalue weighted by Crippen LogP contribution is 2.64. The lowest BCUT2D eigenvalue weighted by molar-refractivity contribution is -0.130.